The van der Waals surface area contributed by atoms with Crippen molar-refractivity contribution in [1.82, 2.24) is 0 Å². The summed E-state index contributed by atoms with van der Waals surface area (Å²) in [6, 6.07) is 9.52. The van der Waals surface area contributed by atoms with Crippen LogP contribution in [-0.2, 0) is 4.79 Å². The average Bonchev–Trinajstić information content (AvgIpc) is 2.18. The van der Waals surface area contributed by atoms with E-state index in [-0.39, 0.29) is 0 Å². The van der Waals surface area contributed by atoms with E-state index in [0.717, 1.165) is 12.0 Å². The third-order valence-electron chi connectivity index (χ3n) is 1.93. The van der Waals surface area contributed by atoms with E-state index in [9.17, 15) is 4.79 Å². The van der Waals surface area contributed by atoms with Gasteiger partial charge in [-0.05, 0) is 18.1 Å². The Morgan fingerprint density at radius 2 is 2.00 bits per heavy atom. The molecule has 0 aromatic heterocycles. The third-order valence-corrected chi connectivity index (χ3v) is 1.93. The number of carboxylic acid groups (broad SMARTS) is 1. The molecule has 0 atom stereocenters. The lowest BCUT2D eigenvalue weighted by Gasteiger charge is -1.99. The van der Waals surface area contributed by atoms with E-state index >= 15 is 0 Å². The molecule has 0 unspecified atom stereocenters. The normalized spacial score (nSPS) is 11.4. The van der Waals surface area contributed by atoms with Crippen molar-refractivity contribution in [1.29, 1.82) is 0 Å². The summed E-state index contributed by atoms with van der Waals surface area (Å²) in [4.78, 5) is 10.8. The van der Waals surface area contributed by atoms with Gasteiger partial charge in [0.1, 0.15) is 0 Å². The summed E-state index contributed by atoms with van der Waals surface area (Å²) >= 11 is 0. The van der Waals surface area contributed by atoms with E-state index in [4.69, 9.17) is 5.11 Å². The highest BCUT2D eigenvalue weighted by molar-refractivity contribution is 5.92. The van der Waals surface area contributed by atoms with Crippen molar-refractivity contribution >= 4 is 12.0 Å². The molecular formula is C12H14O2. The molecule has 74 valence electrons. The summed E-state index contributed by atoms with van der Waals surface area (Å²) in [5.74, 6) is -0.823. The maximum Gasteiger partial charge on any atom is 0.331 e. The van der Waals surface area contributed by atoms with Crippen LogP contribution in [0.25, 0.3) is 6.08 Å². The van der Waals surface area contributed by atoms with E-state index in [1.807, 2.05) is 37.3 Å². The first-order valence-corrected chi connectivity index (χ1v) is 4.73. The zero-order chi connectivity index (χ0) is 10.4. The van der Waals surface area contributed by atoms with Gasteiger partial charge in [-0.1, -0.05) is 43.7 Å². The van der Waals surface area contributed by atoms with E-state index < -0.39 is 5.97 Å². The number of carboxylic acids is 1. The molecule has 1 aromatic rings. The lowest BCUT2D eigenvalue weighted by molar-refractivity contribution is -0.132. The second-order valence-electron chi connectivity index (χ2n) is 3.14. The smallest absolute Gasteiger partial charge is 0.331 e. The lowest BCUT2D eigenvalue weighted by atomic mass is 10.1. The number of hydrogen-bond donors (Lipinski definition) is 1. The Kier molecular flexibility index (Phi) is 3.92. The number of benzene rings is 1. The first-order chi connectivity index (χ1) is 6.74. The van der Waals surface area contributed by atoms with Crippen LogP contribution < -0.4 is 0 Å². The average molecular weight is 190 g/mol. The summed E-state index contributed by atoms with van der Waals surface area (Å²) in [6.07, 6.45) is 3.20. The van der Waals surface area contributed by atoms with E-state index in [0.29, 0.717) is 12.0 Å². The van der Waals surface area contributed by atoms with Gasteiger partial charge < -0.3 is 5.11 Å². The van der Waals surface area contributed by atoms with Crippen LogP contribution in [0.4, 0.5) is 0 Å². The van der Waals surface area contributed by atoms with E-state index in [1.54, 1.807) is 6.08 Å². The van der Waals surface area contributed by atoms with Crippen LogP contribution in [0.15, 0.2) is 35.9 Å². The molecule has 0 fully saturated rings. The predicted octanol–water partition coefficient (Wildman–Crippen LogP) is 2.95. The highest BCUT2D eigenvalue weighted by Crippen LogP contribution is 2.11. The molecule has 0 aliphatic carbocycles. The van der Waals surface area contributed by atoms with Crippen LogP contribution in [0.3, 0.4) is 0 Å². The largest absolute Gasteiger partial charge is 0.478 e. The van der Waals surface area contributed by atoms with Gasteiger partial charge in [-0.15, -0.1) is 0 Å². The van der Waals surface area contributed by atoms with Crippen molar-refractivity contribution in [3.63, 3.8) is 0 Å². The van der Waals surface area contributed by atoms with E-state index in [1.165, 1.54) is 0 Å². The van der Waals surface area contributed by atoms with Gasteiger partial charge in [0.15, 0.2) is 0 Å². The minimum Gasteiger partial charge on any atom is -0.478 e. The fraction of sp³-hybridized carbons (Fsp3) is 0.250. The van der Waals surface area contributed by atoms with Crippen LogP contribution in [0.2, 0.25) is 0 Å². The quantitative estimate of drug-likeness (QED) is 0.741. The fourth-order valence-corrected chi connectivity index (χ4v) is 1.26. The summed E-state index contributed by atoms with van der Waals surface area (Å²) in [6.45, 7) is 1.97. The Morgan fingerprint density at radius 1 is 1.36 bits per heavy atom. The molecule has 0 aliphatic rings. The maximum atomic E-state index is 10.8. The number of aliphatic carboxylic acids is 1. The van der Waals surface area contributed by atoms with Gasteiger partial charge in [0, 0.05) is 5.57 Å². The molecule has 2 heteroatoms. The summed E-state index contributed by atoms with van der Waals surface area (Å²) < 4.78 is 0. The van der Waals surface area contributed by atoms with Crippen LogP contribution in [0.5, 0.6) is 0 Å². The van der Waals surface area contributed by atoms with Crippen molar-refractivity contribution in [3.05, 3.63) is 41.5 Å². The Balaban J connectivity index is 2.88. The van der Waals surface area contributed by atoms with E-state index in [2.05, 4.69) is 0 Å². The summed E-state index contributed by atoms with van der Waals surface area (Å²) in [5.41, 5.74) is 1.41. The molecule has 0 aliphatic heterocycles. The molecule has 0 saturated heterocycles. The molecule has 1 rings (SSSR count). The fourth-order valence-electron chi connectivity index (χ4n) is 1.26. The zero-order valence-corrected chi connectivity index (χ0v) is 8.23. The third kappa shape index (κ3) is 3.05. The Hall–Kier alpha value is -1.57. The molecule has 1 N–H and O–H groups in total. The number of carbonyl (C=O) groups is 1. The molecule has 0 radical (unpaired) electrons. The topological polar surface area (TPSA) is 37.3 Å². The summed E-state index contributed by atoms with van der Waals surface area (Å²) in [7, 11) is 0. The molecule has 0 saturated carbocycles. The molecule has 0 bridgehead atoms. The van der Waals surface area contributed by atoms with Crippen LogP contribution in [-0.4, -0.2) is 11.1 Å². The molecule has 0 amide bonds. The van der Waals surface area contributed by atoms with Gasteiger partial charge in [-0.2, -0.15) is 0 Å². The van der Waals surface area contributed by atoms with Crippen LogP contribution in [0.1, 0.15) is 25.3 Å². The van der Waals surface area contributed by atoms with Crippen molar-refractivity contribution < 1.29 is 9.90 Å². The monoisotopic (exact) mass is 190 g/mol. The van der Waals surface area contributed by atoms with Crippen molar-refractivity contribution in [2.24, 2.45) is 0 Å². The second kappa shape index (κ2) is 5.22. The molecule has 0 spiro atoms. The minimum atomic E-state index is -0.823. The Bertz CT molecular complexity index is 325. The minimum absolute atomic E-state index is 0.471. The molecular weight excluding hydrogens is 176 g/mol. The highest BCUT2D eigenvalue weighted by atomic mass is 16.4. The number of rotatable bonds is 4. The number of hydrogen-bond acceptors (Lipinski definition) is 1. The van der Waals surface area contributed by atoms with Gasteiger partial charge >= 0.3 is 5.97 Å². The van der Waals surface area contributed by atoms with Gasteiger partial charge in [0.25, 0.3) is 0 Å². The van der Waals surface area contributed by atoms with Gasteiger partial charge in [0.05, 0.1) is 0 Å². The lowest BCUT2D eigenvalue weighted by Crippen LogP contribution is -1.99. The molecule has 2 nitrogen and oxygen atoms in total. The van der Waals surface area contributed by atoms with Gasteiger partial charge in [-0.3, -0.25) is 0 Å². The van der Waals surface area contributed by atoms with Gasteiger partial charge in [-0.25, -0.2) is 4.79 Å². The van der Waals surface area contributed by atoms with Crippen LogP contribution in [0, 0.1) is 0 Å². The SMILES string of the molecule is CCC/C(=C\c1ccccc1)C(=O)O. The van der Waals surface area contributed by atoms with Crippen molar-refractivity contribution in [3.8, 4) is 0 Å². The summed E-state index contributed by atoms with van der Waals surface area (Å²) in [5, 5.41) is 8.90. The standard InChI is InChI=1S/C12H14O2/c1-2-6-11(12(13)14)9-10-7-4-3-5-8-10/h3-5,7-9H,2,6H2,1H3,(H,13,14)/b11-9+. The maximum absolute atomic E-state index is 10.8. The molecule has 14 heavy (non-hydrogen) atoms. The first kappa shape index (κ1) is 10.5. The second-order valence-corrected chi connectivity index (χ2v) is 3.14. The van der Waals surface area contributed by atoms with Crippen LogP contribution >= 0.6 is 0 Å². The highest BCUT2D eigenvalue weighted by Gasteiger charge is 2.04. The predicted molar refractivity (Wildman–Crippen MR) is 57.0 cm³/mol. The van der Waals surface area contributed by atoms with Crippen molar-refractivity contribution in [2.45, 2.75) is 19.8 Å². The Labute approximate surface area is 83.9 Å². The molecule has 1 aromatic carbocycles. The molecule has 0 heterocycles. The van der Waals surface area contributed by atoms with Crippen molar-refractivity contribution in [2.75, 3.05) is 0 Å². The first-order valence-electron chi connectivity index (χ1n) is 4.73. The Morgan fingerprint density at radius 3 is 2.50 bits per heavy atom. The zero-order valence-electron chi connectivity index (χ0n) is 8.23. The van der Waals surface area contributed by atoms with Gasteiger partial charge in [0.2, 0.25) is 0 Å².